The molecule has 0 aromatic heterocycles. The molecule has 1 aliphatic rings. The van der Waals surface area contributed by atoms with E-state index in [1.54, 1.807) is 24.3 Å². The maximum absolute atomic E-state index is 12.5. The van der Waals surface area contributed by atoms with Crippen LogP contribution in [0.3, 0.4) is 0 Å². The van der Waals surface area contributed by atoms with Gasteiger partial charge in [0.05, 0.1) is 5.92 Å². The normalized spacial score (nSPS) is 15.6. The van der Waals surface area contributed by atoms with Crippen molar-refractivity contribution in [3.63, 3.8) is 0 Å². The topological polar surface area (TPSA) is 46.2 Å². The first-order chi connectivity index (χ1) is 12.1. The monoisotopic (exact) mass is 345 g/mol. The molecule has 1 N–H and O–H groups in total. The lowest BCUT2D eigenvalue weighted by molar-refractivity contribution is -0.111. The Balaban J connectivity index is 1.82. The lowest BCUT2D eigenvalue weighted by Crippen LogP contribution is -2.29. The van der Waals surface area contributed by atoms with Gasteiger partial charge in [-0.25, -0.2) is 0 Å². The van der Waals surface area contributed by atoms with Crippen LogP contribution in [0, 0.1) is 0 Å². The van der Waals surface area contributed by atoms with Crippen LogP contribution >= 0.6 is 12.6 Å². The van der Waals surface area contributed by atoms with Crippen molar-refractivity contribution in [2.75, 3.05) is 0 Å². The smallest absolute Gasteiger partial charge is 0.255 e. The molecule has 0 fully saturated rings. The van der Waals surface area contributed by atoms with Gasteiger partial charge in [0, 0.05) is 11.3 Å². The predicted octanol–water partition coefficient (Wildman–Crippen LogP) is 4.16. The third-order valence-electron chi connectivity index (χ3n) is 4.44. The van der Waals surface area contributed by atoms with E-state index in [0.29, 0.717) is 11.3 Å². The summed E-state index contributed by atoms with van der Waals surface area (Å²) in [4.78, 5) is 24.8. The zero-order chi connectivity index (χ0) is 17.4. The van der Waals surface area contributed by atoms with Gasteiger partial charge in [0.15, 0.2) is 5.12 Å². The highest BCUT2D eigenvalue weighted by Gasteiger charge is 2.29. The highest BCUT2D eigenvalue weighted by molar-refractivity contribution is 7.96. The first kappa shape index (κ1) is 15.7. The van der Waals surface area contributed by atoms with Gasteiger partial charge in [-0.1, -0.05) is 54.6 Å². The molecular formula is C21H15NO2S. The molecule has 0 aliphatic heterocycles. The van der Waals surface area contributed by atoms with Gasteiger partial charge in [-0.2, -0.15) is 0 Å². The molecule has 4 rings (SSSR count). The zero-order valence-corrected chi connectivity index (χ0v) is 14.2. The molecule has 0 spiro atoms. The van der Waals surface area contributed by atoms with Crippen LogP contribution in [-0.4, -0.2) is 11.0 Å². The van der Waals surface area contributed by atoms with Gasteiger partial charge in [-0.3, -0.25) is 9.59 Å². The van der Waals surface area contributed by atoms with Gasteiger partial charge < -0.3 is 5.32 Å². The Morgan fingerprint density at radius 3 is 2.32 bits per heavy atom. The number of amides is 1. The quantitative estimate of drug-likeness (QED) is 0.700. The summed E-state index contributed by atoms with van der Waals surface area (Å²) in [7, 11) is 0. The Hall–Kier alpha value is -2.85. The molecule has 3 nitrogen and oxygen atoms in total. The molecule has 0 heterocycles. The molecular weight excluding hydrogens is 330 g/mol. The first-order valence-electron chi connectivity index (χ1n) is 7.97. The fourth-order valence-electron chi connectivity index (χ4n) is 3.35. The zero-order valence-electron chi connectivity index (χ0n) is 13.3. The number of allylic oxidation sites excluding steroid dienone is 1. The fraction of sp³-hybridized carbons (Fsp3) is 0.0476. The van der Waals surface area contributed by atoms with Gasteiger partial charge >= 0.3 is 0 Å². The van der Waals surface area contributed by atoms with Crippen LogP contribution in [0.1, 0.15) is 27.4 Å². The van der Waals surface area contributed by atoms with Gasteiger partial charge in [-0.15, -0.1) is 12.6 Å². The molecule has 4 heteroatoms. The van der Waals surface area contributed by atoms with Gasteiger partial charge in [0.1, 0.15) is 0 Å². The number of rotatable bonds is 3. The van der Waals surface area contributed by atoms with Crippen LogP contribution in [0.4, 0.5) is 0 Å². The summed E-state index contributed by atoms with van der Waals surface area (Å²) >= 11 is 4.08. The number of benzene rings is 3. The number of carbonyl (C=O) groups excluding carboxylic acids is 2. The Morgan fingerprint density at radius 1 is 0.880 bits per heavy atom. The second-order valence-electron chi connectivity index (χ2n) is 5.98. The van der Waals surface area contributed by atoms with Crippen LogP contribution < -0.4 is 5.32 Å². The summed E-state index contributed by atoms with van der Waals surface area (Å²) in [6, 6.07) is 20.8. The Bertz CT molecular complexity index is 1020. The molecule has 0 bridgehead atoms. The van der Waals surface area contributed by atoms with Crippen molar-refractivity contribution < 1.29 is 9.59 Å². The fourth-order valence-corrected chi connectivity index (χ4v) is 3.62. The summed E-state index contributed by atoms with van der Waals surface area (Å²) < 4.78 is 0. The molecule has 3 aromatic carbocycles. The SMILES string of the molecule is O=C(NC1=Cc2cccc3cccc(c23)C1C(=O)S)c1ccccc1. The molecule has 1 unspecified atom stereocenters. The number of carbonyl (C=O) groups is 2. The number of hydrogen-bond donors (Lipinski definition) is 2. The molecule has 0 saturated carbocycles. The predicted molar refractivity (Wildman–Crippen MR) is 103 cm³/mol. The van der Waals surface area contributed by atoms with Crippen molar-refractivity contribution in [1.29, 1.82) is 0 Å². The molecule has 1 amide bonds. The van der Waals surface area contributed by atoms with E-state index in [4.69, 9.17) is 0 Å². The number of nitrogens with one attached hydrogen (secondary N) is 1. The van der Waals surface area contributed by atoms with Crippen molar-refractivity contribution >= 4 is 40.5 Å². The lowest BCUT2D eigenvalue weighted by Gasteiger charge is -2.25. The number of thiol groups is 1. The van der Waals surface area contributed by atoms with E-state index < -0.39 is 5.92 Å². The highest BCUT2D eigenvalue weighted by Crippen LogP contribution is 2.39. The van der Waals surface area contributed by atoms with E-state index in [2.05, 4.69) is 17.9 Å². The van der Waals surface area contributed by atoms with Crippen molar-refractivity contribution in [3.05, 3.63) is 89.1 Å². The van der Waals surface area contributed by atoms with Crippen molar-refractivity contribution in [1.82, 2.24) is 5.32 Å². The van der Waals surface area contributed by atoms with Crippen molar-refractivity contribution in [3.8, 4) is 0 Å². The standard InChI is InChI=1S/C21H15NO2S/c23-20(14-6-2-1-3-7-14)22-17-12-15-10-4-8-13-9-5-11-16(18(13)15)19(17)21(24)25/h1-12,19H,(H,22,23)(H,24,25). The largest absolute Gasteiger partial charge is 0.325 e. The summed E-state index contributed by atoms with van der Waals surface area (Å²) in [6.45, 7) is 0. The third-order valence-corrected chi connectivity index (χ3v) is 4.70. The van der Waals surface area contributed by atoms with E-state index >= 15 is 0 Å². The van der Waals surface area contributed by atoms with Crippen LogP contribution in [0.5, 0.6) is 0 Å². The first-order valence-corrected chi connectivity index (χ1v) is 8.42. The second kappa shape index (κ2) is 6.22. The van der Waals surface area contributed by atoms with Gasteiger partial charge in [-0.05, 0) is 40.1 Å². The van der Waals surface area contributed by atoms with Crippen molar-refractivity contribution in [2.45, 2.75) is 5.92 Å². The minimum atomic E-state index is -0.588. The van der Waals surface area contributed by atoms with Crippen LogP contribution in [0.2, 0.25) is 0 Å². The number of hydrogen-bond acceptors (Lipinski definition) is 2. The van der Waals surface area contributed by atoms with Crippen LogP contribution in [0.25, 0.3) is 16.8 Å². The second-order valence-corrected chi connectivity index (χ2v) is 6.42. The Kier molecular flexibility index (Phi) is 3.90. The molecule has 1 aliphatic carbocycles. The van der Waals surface area contributed by atoms with Crippen LogP contribution in [-0.2, 0) is 4.79 Å². The molecule has 25 heavy (non-hydrogen) atoms. The average Bonchev–Trinajstić information content (AvgIpc) is 2.62. The van der Waals surface area contributed by atoms with Crippen molar-refractivity contribution in [2.24, 2.45) is 0 Å². The van der Waals surface area contributed by atoms with E-state index in [1.165, 1.54) is 0 Å². The van der Waals surface area contributed by atoms with E-state index in [9.17, 15) is 9.59 Å². The van der Waals surface area contributed by atoms with E-state index in [0.717, 1.165) is 21.9 Å². The maximum atomic E-state index is 12.5. The summed E-state index contributed by atoms with van der Waals surface area (Å²) in [5.41, 5.74) is 2.96. The summed E-state index contributed by atoms with van der Waals surface area (Å²) in [5.74, 6) is -0.826. The third kappa shape index (κ3) is 2.75. The molecule has 122 valence electrons. The van der Waals surface area contributed by atoms with Gasteiger partial charge in [0.2, 0.25) is 0 Å². The summed E-state index contributed by atoms with van der Waals surface area (Å²) in [5, 5.41) is 4.72. The molecule has 3 aromatic rings. The minimum Gasteiger partial charge on any atom is -0.325 e. The van der Waals surface area contributed by atoms with Gasteiger partial charge in [0.25, 0.3) is 5.91 Å². The summed E-state index contributed by atoms with van der Waals surface area (Å²) in [6.07, 6.45) is 1.87. The molecule has 1 atom stereocenters. The Morgan fingerprint density at radius 2 is 1.60 bits per heavy atom. The minimum absolute atomic E-state index is 0.238. The van der Waals surface area contributed by atoms with E-state index in [-0.39, 0.29) is 11.0 Å². The highest BCUT2D eigenvalue weighted by atomic mass is 32.1. The van der Waals surface area contributed by atoms with E-state index in [1.807, 2.05) is 48.5 Å². The van der Waals surface area contributed by atoms with Crippen LogP contribution in [0.15, 0.2) is 72.4 Å². The Labute approximate surface area is 150 Å². The lowest BCUT2D eigenvalue weighted by atomic mass is 9.84. The molecule has 0 radical (unpaired) electrons. The average molecular weight is 345 g/mol. The maximum Gasteiger partial charge on any atom is 0.255 e. The molecule has 0 saturated heterocycles.